The van der Waals surface area contributed by atoms with Crippen molar-refractivity contribution in [1.82, 2.24) is 20.0 Å². The molecule has 6 nitrogen and oxygen atoms in total. The lowest BCUT2D eigenvalue weighted by molar-refractivity contribution is 0.0699. The van der Waals surface area contributed by atoms with Gasteiger partial charge in [0.05, 0.1) is 28.2 Å². The van der Waals surface area contributed by atoms with E-state index < -0.39 is 5.97 Å². The minimum Gasteiger partial charge on any atom is -0.478 e. The first-order chi connectivity index (χ1) is 12.6. The second kappa shape index (κ2) is 6.07. The standard InChI is InChI=1S/C20H16N4O2/c1-12-7-3-6-10-18(12)24-13(2)19(22-23-24)17-11-15(20(25)26)14-8-4-5-9-16(14)21-17/h3-11H,1-2H3,(H,25,26). The van der Waals surface area contributed by atoms with Crippen LogP contribution in [-0.2, 0) is 0 Å². The van der Waals surface area contributed by atoms with Crippen LogP contribution in [0.15, 0.2) is 54.6 Å². The third-order valence-corrected chi connectivity index (χ3v) is 4.43. The van der Waals surface area contributed by atoms with Crippen molar-refractivity contribution in [3.63, 3.8) is 0 Å². The van der Waals surface area contributed by atoms with E-state index in [-0.39, 0.29) is 5.56 Å². The van der Waals surface area contributed by atoms with E-state index in [1.54, 1.807) is 28.9 Å². The zero-order chi connectivity index (χ0) is 18.3. The number of carboxylic acids is 1. The molecule has 0 saturated carbocycles. The second-order valence-corrected chi connectivity index (χ2v) is 6.10. The molecule has 26 heavy (non-hydrogen) atoms. The fraction of sp³-hybridized carbons (Fsp3) is 0.100. The molecule has 0 aliphatic rings. The van der Waals surface area contributed by atoms with Gasteiger partial charge < -0.3 is 5.11 Å². The summed E-state index contributed by atoms with van der Waals surface area (Å²) in [6.45, 7) is 3.91. The van der Waals surface area contributed by atoms with Crippen molar-refractivity contribution in [1.29, 1.82) is 0 Å². The molecule has 0 aliphatic carbocycles. The Kier molecular flexibility index (Phi) is 3.73. The maximum absolute atomic E-state index is 11.7. The number of carboxylic acid groups (broad SMARTS) is 1. The summed E-state index contributed by atoms with van der Waals surface area (Å²) in [5, 5.41) is 18.7. The molecule has 0 aliphatic heterocycles. The molecule has 1 N–H and O–H groups in total. The van der Waals surface area contributed by atoms with Gasteiger partial charge in [-0.15, -0.1) is 5.10 Å². The lowest BCUT2D eigenvalue weighted by Gasteiger charge is -2.08. The van der Waals surface area contributed by atoms with Crippen molar-refractivity contribution in [3.8, 4) is 17.1 Å². The highest BCUT2D eigenvalue weighted by Crippen LogP contribution is 2.27. The molecule has 0 saturated heterocycles. The van der Waals surface area contributed by atoms with Crippen LogP contribution >= 0.6 is 0 Å². The maximum atomic E-state index is 11.7. The topological polar surface area (TPSA) is 80.9 Å². The molecule has 0 bridgehead atoms. The van der Waals surface area contributed by atoms with E-state index in [0.29, 0.717) is 22.3 Å². The van der Waals surface area contributed by atoms with Crippen LogP contribution in [0.2, 0.25) is 0 Å². The van der Waals surface area contributed by atoms with E-state index >= 15 is 0 Å². The summed E-state index contributed by atoms with van der Waals surface area (Å²) in [7, 11) is 0. The van der Waals surface area contributed by atoms with Crippen LogP contribution in [0.1, 0.15) is 21.6 Å². The fourth-order valence-electron chi connectivity index (χ4n) is 3.07. The third-order valence-electron chi connectivity index (χ3n) is 4.43. The van der Waals surface area contributed by atoms with Crippen LogP contribution in [0.4, 0.5) is 0 Å². The average Bonchev–Trinajstić information content (AvgIpc) is 3.02. The normalized spacial score (nSPS) is 11.0. The SMILES string of the molecule is Cc1ccccc1-n1nnc(-c2cc(C(=O)O)c3ccccc3n2)c1C. The van der Waals surface area contributed by atoms with E-state index in [4.69, 9.17) is 0 Å². The van der Waals surface area contributed by atoms with E-state index in [1.807, 2.05) is 44.2 Å². The van der Waals surface area contributed by atoms with Crippen LogP contribution in [0.3, 0.4) is 0 Å². The minimum absolute atomic E-state index is 0.204. The molecule has 128 valence electrons. The zero-order valence-corrected chi connectivity index (χ0v) is 14.3. The first-order valence-electron chi connectivity index (χ1n) is 8.18. The van der Waals surface area contributed by atoms with Gasteiger partial charge >= 0.3 is 5.97 Å². The number of carbonyl (C=O) groups is 1. The quantitative estimate of drug-likeness (QED) is 0.611. The Morgan fingerprint density at radius 2 is 1.77 bits per heavy atom. The average molecular weight is 344 g/mol. The summed E-state index contributed by atoms with van der Waals surface area (Å²) in [6.07, 6.45) is 0. The number of pyridine rings is 1. The summed E-state index contributed by atoms with van der Waals surface area (Å²) < 4.78 is 1.75. The molecule has 0 atom stereocenters. The lowest BCUT2D eigenvalue weighted by atomic mass is 10.1. The molecule has 0 unspecified atom stereocenters. The third kappa shape index (κ3) is 2.52. The largest absolute Gasteiger partial charge is 0.478 e. The fourth-order valence-corrected chi connectivity index (χ4v) is 3.07. The van der Waals surface area contributed by atoms with Gasteiger partial charge in [-0.05, 0) is 37.6 Å². The van der Waals surface area contributed by atoms with Gasteiger partial charge in [0.2, 0.25) is 0 Å². The Balaban J connectivity index is 1.92. The van der Waals surface area contributed by atoms with E-state index in [9.17, 15) is 9.90 Å². The first kappa shape index (κ1) is 16.0. The van der Waals surface area contributed by atoms with Crippen LogP contribution < -0.4 is 0 Å². The Morgan fingerprint density at radius 3 is 2.54 bits per heavy atom. The highest BCUT2D eigenvalue weighted by Gasteiger charge is 2.18. The van der Waals surface area contributed by atoms with E-state index in [0.717, 1.165) is 16.9 Å². The summed E-state index contributed by atoms with van der Waals surface area (Å²) in [5.74, 6) is -0.992. The molecule has 4 aromatic rings. The number of hydrogen-bond donors (Lipinski definition) is 1. The van der Waals surface area contributed by atoms with Gasteiger partial charge in [0.25, 0.3) is 0 Å². The number of aryl methyl sites for hydroxylation is 1. The Morgan fingerprint density at radius 1 is 1.04 bits per heavy atom. The van der Waals surface area contributed by atoms with Gasteiger partial charge in [0.1, 0.15) is 5.69 Å². The zero-order valence-electron chi connectivity index (χ0n) is 14.3. The van der Waals surface area contributed by atoms with E-state index in [1.165, 1.54) is 0 Å². The highest BCUT2D eigenvalue weighted by molar-refractivity contribution is 6.03. The smallest absolute Gasteiger partial charge is 0.336 e. The van der Waals surface area contributed by atoms with Crippen molar-refractivity contribution in [2.75, 3.05) is 0 Å². The molecular weight excluding hydrogens is 328 g/mol. The predicted molar refractivity (Wildman–Crippen MR) is 98.5 cm³/mol. The number of para-hydroxylation sites is 2. The number of aromatic nitrogens is 4. The molecule has 2 heterocycles. The van der Waals surface area contributed by atoms with Crippen LogP contribution in [0, 0.1) is 13.8 Å². The van der Waals surface area contributed by atoms with Crippen LogP contribution in [0.25, 0.3) is 28.0 Å². The van der Waals surface area contributed by atoms with Crippen molar-refractivity contribution in [3.05, 3.63) is 71.4 Å². The van der Waals surface area contributed by atoms with Gasteiger partial charge in [0, 0.05) is 5.39 Å². The van der Waals surface area contributed by atoms with Gasteiger partial charge in [-0.3, -0.25) is 0 Å². The molecule has 2 aromatic carbocycles. The summed E-state index contributed by atoms with van der Waals surface area (Å²) in [5.41, 5.74) is 4.70. The van der Waals surface area contributed by atoms with Crippen molar-refractivity contribution in [2.24, 2.45) is 0 Å². The number of fused-ring (bicyclic) bond motifs is 1. The van der Waals surface area contributed by atoms with Gasteiger partial charge in [-0.2, -0.15) is 0 Å². The lowest BCUT2D eigenvalue weighted by Crippen LogP contribution is -2.02. The van der Waals surface area contributed by atoms with Crippen LogP contribution in [-0.4, -0.2) is 31.1 Å². The summed E-state index contributed by atoms with van der Waals surface area (Å²) in [4.78, 5) is 16.3. The second-order valence-electron chi connectivity index (χ2n) is 6.10. The van der Waals surface area contributed by atoms with Crippen molar-refractivity contribution in [2.45, 2.75) is 13.8 Å². The summed E-state index contributed by atoms with van der Waals surface area (Å²) >= 11 is 0. The molecule has 4 rings (SSSR count). The number of aromatic carboxylic acids is 1. The predicted octanol–water partition coefficient (Wildman–Crippen LogP) is 3.80. The molecule has 2 aromatic heterocycles. The van der Waals surface area contributed by atoms with Crippen molar-refractivity contribution >= 4 is 16.9 Å². The van der Waals surface area contributed by atoms with Gasteiger partial charge in [0.15, 0.2) is 0 Å². The van der Waals surface area contributed by atoms with Crippen LogP contribution in [0.5, 0.6) is 0 Å². The number of rotatable bonds is 3. The number of hydrogen-bond acceptors (Lipinski definition) is 4. The molecule has 6 heteroatoms. The molecule has 0 spiro atoms. The molecule has 0 amide bonds. The minimum atomic E-state index is -0.992. The Bertz CT molecular complexity index is 1150. The van der Waals surface area contributed by atoms with E-state index in [2.05, 4.69) is 15.3 Å². The number of nitrogens with zero attached hydrogens (tertiary/aromatic N) is 4. The Hall–Kier alpha value is -3.54. The number of benzene rings is 2. The molecular formula is C20H16N4O2. The highest BCUT2D eigenvalue weighted by atomic mass is 16.4. The Labute approximate surface area is 149 Å². The molecule has 0 fully saturated rings. The van der Waals surface area contributed by atoms with Gasteiger partial charge in [-0.25, -0.2) is 14.5 Å². The first-order valence-corrected chi connectivity index (χ1v) is 8.18. The van der Waals surface area contributed by atoms with Gasteiger partial charge in [-0.1, -0.05) is 41.6 Å². The summed E-state index contributed by atoms with van der Waals surface area (Å²) in [6, 6.07) is 16.6. The van der Waals surface area contributed by atoms with Crippen molar-refractivity contribution < 1.29 is 9.90 Å². The monoisotopic (exact) mass is 344 g/mol. The molecule has 0 radical (unpaired) electrons. The maximum Gasteiger partial charge on any atom is 0.336 e.